The number of aromatic nitrogens is 2. The van der Waals surface area contributed by atoms with Crippen molar-refractivity contribution >= 4 is 11.3 Å². The van der Waals surface area contributed by atoms with Gasteiger partial charge in [0.15, 0.2) is 0 Å². The van der Waals surface area contributed by atoms with E-state index < -0.39 is 0 Å². The lowest BCUT2D eigenvalue weighted by Gasteiger charge is -2.00. The third-order valence-electron chi connectivity index (χ3n) is 3.35. The summed E-state index contributed by atoms with van der Waals surface area (Å²) < 4.78 is 1.98. The van der Waals surface area contributed by atoms with Gasteiger partial charge in [-0.05, 0) is 24.1 Å². The topological polar surface area (TPSA) is 43.8 Å². The molecule has 0 spiro atoms. The molecule has 0 saturated carbocycles. The van der Waals surface area contributed by atoms with E-state index in [0.717, 1.165) is 12.1 Å². The number of aryl methyl sites for hydroxylation is 1. The van der Waals surface area contributed by atoms with Gasteiger partial charge in [-0.3, -0.25) is 4.68 Å². The van der Waals surface area contributed by atoms with E-state index in [9.17, 15) is 0 Å². The van der Waals surface area contributed by atoms with E-state index in [1.807, 2.05) is 29.1 Å². The minimum atomic E-state index is 0.611. The van der Waals surface area contributed by atoms with Gasteiger partial charge in [-0.1, -0.05) is 30.3 Å². The number of hydrogen-bond acceptors (Lipinski definition) is 3. The summed E-state index contributed by atoms with van der Waals surface area (Å²) in [6, 6.07) is 12.5. The van der Waals surface area contributed by atoms with Crippen molar-refractivity contribution in [3.05, 3.63) is 64.1 Å². The van der Waals surface area contributed by atoms with Crippen molar-refractivity contribution in [2.75, 3.05) is 0 Å². The molecule has 2 N–H and O–H groups in total. The van der Waals surface area contributed by atoms with Gasteiger partial charge in [0.1, 0.15) is 0 Å². The van der Waals surface area contributed by atoms with Crippen LogP contribution in [0.1, 0.15) is 15.3 Å². The Morgan fingerprint density at radius 1 is 1.20 bits per heavy atom. The highest BCUT2D eigenvalue weighted by Gasteiger charge is 2.07. The SMILES string of the molecule is Cc1sc(CN)cc1Cn1cc(-c2ccccc2)cn1. The Hall–Kier alpha value is -1.91. The van der Waals surface area contributed by atoms with Crippen molar-refractivity contribution < 1.29 is 0 Å². The first-order chi connectivity index (χ1) is 9.76. The molecule has 0 amide bonds. The van der Waals surface area contributed by atoms with Crippen molar-refractivity contribution in [3.8, 4) is 11.1 Å². The van der Waals surface area contributed by atoms with Gasteiger partial charge in [0.05, 0.1) is 12.7 Å². The molecule has 0 saturated heterocycles. The standard InChI is InChI=1S/C16H17N3S/c1-12-14(7-16(8-17)20-12)10-19-11-15(9-18-19)13-5-3-2-4-6-13/h2-7,9,11H,8,10,17H2,1H3. The zero-order valence-electron chi connectivity index (χ0n) is 11.4. The molecule has 0 atom stereocenters. The number of thiophene rings is 1. The Kier molecular flexibility index (Phi) is 3.67. The van der Waals surface area contributed by atoms with Crippen LogP contribution in [0, 0.1) is 6.92 Å². The van der Waals surface area contributed by atoms with Gasteiger partial charge in [-0.25, -0.2) is 0 Å². The Labute approximate surface area is 122 Å². The number of nitrogens with zero attached hydrogens (tertiary/aromatic N) is 2. The van der Waals surface area contributed by atoms with Crippen LogP contribution in [-0.4, -0.2) is 9.78 Å². The van der Waals surface area contributed by atoms with Crippen LogP contribution in [0.15, 0.2) is 48.8 Å². The summed E-state index contributed by atoms with van der Waals surface area (Å²) in [4.78, 5) is 2.55. The Morgan fingerprint density at radius 2 is 2.00 bits per heavy atom. The fourth-order valence-electron chi connectivity index (χ4n) is 2.25. The van der Waals surface area contributed by atoms with Crippen molar-refractivity contribution in [3.63, 3.8) is 0 Å². The van der Waals surface area contributed by atoms with Crippen molar-refractivity contribution in [1.29, 1.82) is 0 Å². The minimum Gasteiger partial charge on any atom is -0.326 e. The molecule has 4 heteroatoms. The maximum absolute atomic E-state index is 5.69. The Balaban J connectivity index is 1.82. The molecule has 3 nitrogen and oxygen atoms in total. The van der Waals surface area contributed by atoms with Crippen molar-refractivity contribution in [2.45, 2.75) is 20.0 Å². The Morgan fingerprint density at radius 3 is 2.70 bits per heavy atom. The average Bonchev–Trinajstić information content (AvgIpc) is 3.08. The maximum atomic E-state index is 5.69. The first kappa shape index (κ1) is 13.1. The van der Waals surface area contributed by atoms with Crippen molar-refractivity contribution in [1.82, 2.24) is 9.78 Å². The van der Waals surface area contributed by atoms with E-state index in [4.69, 9.17) is 5.73 Å². The maximum Gasteiger partial charge on any atom is 0.0670 e. The zero-order chi connectivity index (χ0) is 13.9. The van der Waals surface area contributed by atoms with Gasteiger partial charge in [-0.15, -0.1) is 11.3 Å². The largest absolute Gasteiger partial charge is 0.326 e. The highest BCUT2D eigenvalue weighted by molar-refractivity contribution is 7.12. The van der Waals surface area contributed by atoms with E-state index in [1.165, 1.54) is 20.9 Å². The molecule has 0 aliphatic rings. The van der Waals surface area contributed by atoms with Crippen LogP contribution >= 0.6 is 11.3 Å². The molecule has 0 unspecified atom stereocenters. The number of benzene rings is 1. The van der Waals surface area contributed by atoms with Crippen LogP contribution in [0.25, 0.3) is 11.1 Å². The summed E-state index contributed by atoms with van der Waals surface area (Å²) in [6.07, 6.45) is 4.01. The first-order valence-corrected chi connectivity index (χ1v) is 7.44. The van der Waals surface area contributed by atoms with Crippen LogP contribution in [-0.2, 0) is 13.1 Å². The highest BCUT2D eigenvalue weighted by atomic mass is 32.1. The lowest BCUT2D eigenvalue weighted by atomic mass is 10.1. The molecule has 0 aliphatic carbocycles. The third-order valence-corrected chi connectivity index (χ3v) is 4.46. The van der Waals surface area contributed by atoms with Crippen LogP contribution < -0.4 is 5.73 Å². The van der Waals surface area contributed by atoms with Crippen LogP contribution in [0.2, 0.25) is 0 Å². The second-order valence-corrected chi connectivity index (χ2v) is 6.13. The predicted octanol–water partition coefficient (Wildman–Crippen LogP) is 3.43. The van der Waals surface area contributed by atoms with Crippen LogP contribution in [0.5, 0.6) is 0 Å². The lowest BCUT2D eigenvalue weighted by molar-refractivity contribution is 0.686. The number of rotatable bonds is 4. The summed E-state index contributed by atoms with van der Waals surface area (Å²) in [6.45, 7) is 3.55. The quantitative estimate of drug-likeness (QED) is 0.797. The van der Waals surface area contributed by atoms with Crippen molar-refractivity contribution in [2.24, 2.45) is 5.73 Å². The normalized spacial score (nSPS) is 10.9. The molecule has 0 fully saturated rings. The molecule has 0 radical (unpaired) electrons. The molecule has 2 heterocycles. The molecule has 1 aromatic carbocycles. The van der Waals surface area contributed by atoms with Gasteiger partial charge in [0.2, 0.25) is 0 Å². The van der Waals surface area contributed by atoms with Gasteiger partial charge >= 0.3 is 0 Å². The van der Waals surface area contributed by atoms with Gasteiger partial charge in [0.25, 0.3) is 0 Å². The molecule has 0 bridgehead atoms. The van der Waals surface area contributed by atoms with E-state index >= 15 is 0 Å². The third kappa shape index (κ3) is 2.66. The molecule has 3 aromatic rings. The molecule has 3 rings (SSSR count). The summed E-state index contributed by atoms with van der Waals surface area (Å²) in [7, 11) is 0. The molecule has 0 aliphatic heterocycles. The monoisotopic (exact) mass is 283 g/mol. The fraction of sp³-hybridized carbons (Fsp3) is 0.188. The van der Waals surface area contributed by atoms with Gasteiger partial charge < -0.3 is 5.73 Å². The smallest absolute Gasteiger partial charge is 0.0670 e. The second-order valence-electron chi connectivity index (χ2n) is 4.79. The van der Waals surface area contributed by atoms with Gasteiger partial charge in [0, 0.05) is 28.1 Å². The van der Waals surface area contributed by atoms with E-state index in [2.05, 4.69) is 36.4 Å². The van der Waals surface area contributed by atoms with E-state index in [1.54, 1.807) is 11.3 Å². The summed E-state index contributed by atoms with van der Waals surface area (Å²) >= 11 is 1.77. The van der Waals surface area contributed by atoms with E-state index in [0.29, 0.717) is 6.54 Å². The van der Waals surface area contributed by atoms with E-state index in [-0.39, 0.29) is 0 Å². The minimum absolute atomic E-state index is 0.611. The first-order valence-electron chi connectivity index (χ1n) is 6.62. The lowest BCUT2D eigenvalue weighted by Crippen LogP contribution is -2.00. The average molecular weight is 283 g/mol. The molecular formula is C16H17N3S. The fourth-order valence-corrected chi connectivity index (χ4v) is 3.18. The number of nitrogens with two attached hydrogens (primary N) is 1. The van der Waals surface area contributed by atoms with Crippen LogP contribution in [0.4, 0.5) is 0 Å². The summed E-state index contributed by atoms with van der Waals surface area (Å²) in [5, 5.41) is 4.45. The Bertz CT molecular complexity index is 698. The summed E-state index contributed by atoms with van der Waals surface area (Å²) in [5.41, 5.74) is 9.35. The van der Waals surface area contributed by atoms with Gasteiger partial charge in [-0.2, -0.15) is 5.10 Å². The molecular weight excluding hydrogens is 266 g/mol. The second kappa shape index (κ2) is 5.61. The molecule has 20 heavy (non-hydrogen) atoms. The molecule has 102 valence electrons. The predicted molar refractivity (Wildman–Crippen MR) is 83.7 cm³/mol. The molecule has 2 aromatic heterocycles. The number of hydrogen-bond donors (Lipinski definition) is 1. The summed E-state index contributed by atoms with van der Waals surface area (Å²) in [5.74, 6) is 0. The van der Waals surface area contributed by atoms with Crippen LogP contribution in [0.3, 0.4) is 0 Å². The highest BCUT2D eigenvalue weighted by Crippen LogP contribution is 2.23. The zero-order valence-corrected chi connectivity index (χ0v) is 12.2.